The monoisotopic (exact) mass is 383 g/mol. The molecule has 0 N–H and O–H groups in total. The lowest BCUT2D eigenvalue weighted by atomic mass is 10.1. The average molecular weight is 384 g/mol. The van der Waals surface area contributed by atoms with Crippen LogP contribution in [0.2, 0.25) is 5.02 Å². The van der Waals surface area contributed by atoms with Crippen LogP contribution in [0.25, 0.3) is 6.08 Å². The van der Waals surface area contributed by atoms with E-state index in [1.54, 1.807) is 36.4 Å². The fourth-order valence-electron chi connectivity index (χ4n) is 2.33. The van der Waals surface area contributed by atoms with E-state index in [9.17, 15) is 14.4 Å². The van der Waals surface area contributed by atoms with E-state index in [0.717, 1.165) is 22.2 Å². The van der Waals surface area contributed by atoms with Crippen molar-refractivity contribution in [2.24, 2.45) is 0 Å². The number of thioether (sulfide) groups is 1. The highest BCUT2D eigenvalue weighted by molar-refractivity contribution is 8.18. The molecule has 0 atom stereocenters. The zero-order valence-corrected chi connectivity index (χ0v) is 15.2. The summed E-state index contributed by atoms with van der Waals surface area (Å²) >= 11 is 6.63. The zero-order valence-electron chi connectivity index (χ0n) is 13.6. The van der Waals surface area contributed by atoms with Crippen LogP contribution in [0, 0.1) is 0 Å². The SMILES string of the molecule is O=C(CN1C(=O)SC(=CC=Cc2ccccc2)C1=O)c1ccc(Cl)cc1. The van der Waals surface area contributed by atoms with Gasteiger partial charge in [-0.05, 0) is 47.7 Å². The van der Waals surface area contributed by atoms with Gasteiger partial charge in [-0.25, -0.2) is 0 Å². The lowest BCUT2D eigenvalue weighted by Gasteiger charge is -2.11. The van der Waals surface area contributed by atoms with Gasteiger partial charge >= 0.3 is 0 Å². The van der Waals surface area contributed by atoms with Crippen LogP contribution in [0.3, 0.4) is 0 Å². The van der Waals surface area contributed by atoms with Crippen molar-refractivity contribution in [1.29, 1.82) is 0 Å². The molecule has 2 amide bonds. The van der Waals surface area contributed by atoms with Crippen molar-refractivity contribution < 1.29 is 14.4 Å². The Hall–Kier alpha value is -2.63. The van der Waals surface area contributed by atoms with Crippen LogP contribution < -0.4 is 0 Å². The molecule has 130 valence electrons. The highest BCUT2D eigenvalue weighted by atomic mass is 35.5. The van der Waals surface area contributed by atoms with Crippen LogP contribution in [0.4, 0.5) is 4.79 Å². The average Bonchev–Trinajstić information content (AvgIpc) is 2.91. The van der Waals surface area contributed by atoms with Crippen LogP contribution in [0.1, 0.15) is 15.9 Å². The number of hydrogen-bond donors (Lipinski definition) is 0. The Kier molecular flexibility index (Phi) is 5.71. The molecule has 2 aromatic carbocycles. The third-order valence-corrected chi connectivity index (χ3v) is 4.85. The molecule has 0 spiro atoms. The molecule has 1 fully saturated rings. The molecule has 0 aliphatic carbocycles. The van der Waals surface area contributed by atoms with E-state index in [1.165, 1.54) is 0 Å². The van der Waals surface area contributed by atoms with Crippen LogP contribution in [0.15, 0.2) is 71.7 Å². The Morgan fingerprint density at radius 3 is 2.42 bits per heavy atom. The Morgan fingerprint density at radius 1 is 1.04 bits per heavy atom. The second-order valence-electron chi connectivity index (χ2n) is 5.49. The number of hydrogen-bond acceptors (Lipinski definition) is 4. The molecule has 6 heteroatoms. The summed E-state index contributed by atoms with van der Waals surface area (Å²) in [7, 11) is 0. The molecular formula is C20H14ClNO3S. The second-order valence-corrected chi connectivity index (χ2v) is 6.92. The van der Waals surface area contributed by atoms with Gasteiger partial charge in [0.2, 0.25) is 0 Å². The molecule has 2 aromatic rings. The van der Waals surface area contributed by atoms with Gasteiger partial charge in [0.15, 0.2) is 5.78 Å². The third kappa shape index (κ3) is 4.31. The van der Waals surface area contributed by atoms with Gasteiger partial charge in [0.05, 0.1) is 11.4 Å². The van der Waals surface area contributed by atoms with E-state index in [0.29, 0.717) is 15.5 Å². The summed E-state index contributed by atoms with van der Waals surface area (Å²) in [5.41, 5.74) is 1.39. The Bertz CT molecular complexity index is 904. The molecule has 1 heterocycles. The van der Waals surface area contributed by atoms with Gasteiger partial charge in [0.25, 0.3) is 11.1 Å². The number of allylic oxidation sites excluding steroid dienone is 2. The fourth-order valence-corrected chi connectivity index (χ4v) is 3.25. The maximum atomic E-state index is 12.4. The van der Waals surface area contributed by atoms with Crippen molar-refractivity contribution in [2.45, 2.75) is 0 Å². The van der Waals surface area contributed by atoms with Crippen LogP contribution in [-0.4, -0.2) is 28.4 Å². The minimum atomic E-state index is -0.458. The first-order chi connectivity index (χ1) is 12.5. The molecule has 0 saturated carbocycles. The number of rotatable bonds is 5. The number of Topliss-reactive ketones (excluding diaryl/α,β-unsaturated/α-hetero) is 1. The number of nitrogens with zero attached hydrogens (tertiary/aromatic N) is 1. The molecule has 26 heavy (non-hydrogen) atoms. The van der Waals surface area contributed by atoms with Crippen LogP contribution >= 0.6 is 23.4 Å². The lowest BCUT2D eigenvalue weighted by Crippen LogP contribution is -2.33. The molecular weight excluding hydrogens is 370 g/mol. The van der Waals surface area contributed by atoms with Gasteiger partial charge in [0, 0.05) is 10.6 Å². The molecule has 1 aliphatic rings. The lowest BCUT2D eigenvalue weighted by molar-refractivity contribution is -0.122. The summed E-state index contributed by atoms with van der Waals surface area (Å²) in [6.07, 6.45) is 5.14. The summed E-state index contributed by atoms with van der Waals surface area (Å²) in [5, 5.41) is 0.0672. The number of ketones is 1. The minimum Gasteiger partial charge on any atom is -0.292 e. The first kappa shape index (κ1) is 18.2. The minimum absolute atomic E-state index is 0.286. The van der Waals surface area contributed by atoms with Gasteiger partial charge in [-0.15, -0.1) is 0 Å². The summed E-state index contributed by atoms with van der Waals surface area (Å²) in [4.78, 5) is 38.0. The fraction of sp³-hybridized carbons (Fsp3) is 0.0500. The van der Waals surface area contributed by atoms with Gasteiger partial charge in [-0.3, -0.25) is 19.3 Å². The summed E-state index contributed by atoms with van der Waals surface area (Å²) in [6, 6.07) is 15.9. The predicted molar refractivity (Wildman–Crippen MR) is 104 cm³/mol. The van der Waals surface area contributed by atoms with Crippen molar-refractivity contribution in [2.75, 3.05) is 6.54 Å². The van der Waals surface area contributed by atoms with E-state index < -0.39 is 11.1 Å². The van der Waals surface area contributed by atoms with Gasteiger partial charge < -0.3 is 0 Å². The van der Waals surface area contributed by atoms with E-state index in [4.69, 9.17) is 11.6 Å². The Morgan fingerprint density at radius 2 is 1.73 bits per heavy atom. The quantitative estimate of drug-likeness (QED) is 0.549. The molecule has 0 unspecified atom stereocenters. The maximum Gasteiger partial charge on any atom is 0.293 e. The number of imide groups is 1. The highest BCUT2D eigenvalue weighted by Crippen LogP contribution is 2.30. The summed E-state index contributed by atoms with van der Waals surface area (Å²) in [6.45, 7) is -0.286. The Balaban J connectivity index is 1.68. The summed E-state index contributed by atoms with van der Waals surface area (Å²) < 4.78 is 0. The zero-order chi connectivity index (χ0) is 18.5. The van der Waals surface area contributed by atoms with E-state index in [-0.39, 0.29) is 12.3 Å². The second kappa shape index (κ2) is 8.17. The molecule has 0 radical (unpaired) electrons. The van der Waals surface area contributed by atoms with Crippen molar-refractivity contribution in [3.8, 4) is 0 Å². The van der Waals surface area contributed by atoms with Gasteiger partial charge in [0.1, 0.15) is 0 Å². The standard InChI is InChI=1S/C20H14ClNO3S/c21-16-11-9-15(10-12-16)17(23)13-22-19(24)18(26-20(22)25)8-4-7-14-5-2-1-3-6-14/h1-12H,13H2. The van der Waals surface area contributed by atoms with E-state index in [2.05, 4.69) is 0 Å². The molecule has 0 bridgehead atoms. The van der Waals surface area contributed by atoms with Crippen molar-refractivity contribution in [3.63, 3.8) is 0 Å². The smallest absolute Gasteiger partial charge is 0.292 e. The number of benzene rings is 2. The summed E-state index contributed by atoms with van der Waals surface area (Å²) in [5.74, 6) is -0.773. The molecule has 4 nitrogen and oxygen atoms in total. The maximum absolute atomic E-state index is 12.4. The number of carbonyl (C=O) groups excluding carboxylic acids is 3. The largest absolute Gasteiger partial charge is 0.293 e. The van der Waals surface area contributed by atoms with Gasteiger partial charge in [-0.1, -0.05) is 54.1 Å². The highest BCUT2D eigenvalue weighted by Gasteiger charge is 2.36. The normalized spacial score (nSPS) is 16.0. The molecule has 1 aliphatic heterocycles. The first-order valence-electron chi connectivity index (χ1n) is 7.80. The topological polar surface area (TPSA) is 54.5 Å². The molecule has 1 saturated heterocycles. The third-order valence-electron chi connectivity index (χ3n) is 3.68. The van der Waals surface area contributed by atoms with Crippen molar-refractivity contribution >= 4 is 46.4 Å². The van der Waals surface area contributed by atoms with E-state index >= 15 is 0 Å². The van der Waals surface area contributed by atoms with Gasteiger partial charge in [-0.2, -0.15) is 0 Å². The van der Waals surface area contributed by atoms with Crippen LogP contribution in [-0.2, 0) is 4.79 Å². The Labute approximate surface area is 160 Å². The van der Waals surface area contributed by atoms with Crippen molar-refractivity contribution in [1.82, 2.24) is 4.90 Å². The molecule has 0 aromatic heterocycles. The number of halogens is 1. The van der Waals surface area contributed by atoms with Crippen molar-refractivity contribution in [3.05, 3.63) is 87.8 Å². The predicted octanol–water partition coefficient (Wildman–Crippen LogP) is 4.82. The number of amides is 2. The number of carbonyl (C=O) groups is 3. The first-order valence-corrected chi connectivity index (χ1v) is 9.00. The van der Waals surface area contributed by atoms with E-state index in [1.807, 2.05) is 36.4 Å². The van der Waals surface area contributed by atoms with Crippen LogP contribution in [0.5, 0.6) is 0 Å². The molecule has 3 rings (SSSR count).